The van der Waals surface area contributed by atoms with Crippen LogP contribution in [0.5, 0.6) is 0 Å². The van der Waals surface area contributed by atoms with Crippen molar-refractivity contribution in [1.82, 2.24) is 5.32 Å². The van der Waals surface area contributed by atoms with Gasteiger partial charge in [0.25, 0.3) is 0 Å². The summed E-state index contributed by atoms with van der Waals surface area (Å²) in [5.41, 5.74) is 0. The molecule has 2 heterocycles. The number of nitrogens with one attached hydrogen (secondary N) is 1. The Labute approximate surface area is 63.8 Å². The first kappa shape index (κ1) is 6.34. The molecule has 0 bridgehead atoms. The van der Waals surface area contributed by atoms with Crippen LogP contribution in [-0.2, 0) is 4.74 Å². The van der Waals surface area contributed by atoms with Crippen molar-refractivity contribution in [2.45, 2.75) is 6.10 Å². The molecule has 1 aromatic rings. The summed E-state index contributed by atoms with van der Waals surface area (Å²) in [5, 5.41) is 5.23. The first-order valence-corrected chi connectivity index (χ1v) is 4.20. The van der Waals surface area contributed by atoms with Crippen LogP contribution in [0.1, 0.15) is 11.0 Å². The number of hydrogen-bond acceptors (Lipinski definition) is 3. The summed E-state index contributed by atoms with van der Waals surface area (Å²) in [6, 6.07) is 4.17. The van der Waals surface area contributed by atoms with Gasteiger partial charge in [0.15, 0.2) is 0 Å². The summed E-state index contributed by atoms with van der Waals surface area (Å²) in [6.45, 7) is 1.66. The number of ether oxygens (including phenoxy) is 1. The topological polar surface area (TPSA) is 21.3 Å². The van der Waals surface area contributed by atoms with Gasteiger partial charge in [0.2, 0.25) is 0 Å². The molecule has 1 aromatic heterocycles. The summed E-state index contributed by atoms with van der Waals surface area (Å²) in [4.78, 5) is 1.32. The molecule has 0 aliphatic carbocycles. The monoisotopic (exact) mass is 155 g/mol. The molecule has 1 aliphatic heterocycles. The van der Waals surface area contributed by atoms with Gasteiger partial charge in [-0.25, -0.2) is 0 Å². The van der Waals surface area contributed by atoms with E-state index in [1.165, 1.54) is 4.88 Å². The molecule has 1 saturated heterocycles. The Kier molecular flexibility index (Phi) is 1.71. The Balaban J connectivity index is 2.12. The molecule has 1 N–H and O–H groups in total. The zero-order chi connectivity index (χ0) is 6.81. The maximum atomic E-state index is 5.40. The summed E-state index contributed by atoms with van der Waals surface area (Å²) in [6.07, 6.45) is 0.306. The lowest BCUT2D eigenvalue weighted by atomic mass is 10.3. The molecule has 0 saturated carbocycles. The Morgan fingerprint density at radius 2 is 2.70 bits per heavy atom. The van der Waals surface area contributed by atoms with E-state index in [2.05, 4.69) is 22.8 Å². The summed E-state index contributed by atoms with van der Waals surface area (Å²) in [5.74, 6) is 0. The van der Waals surface area contributed by atoms with E-state index >= 15 is 0 Å². The molecule has 2 rings (SSSR count). The molecule has 1 unspecified atom stereocenters. The van der Waals surface area contributed by atoms with Gasteiger partial charge in [-0.1, -0.05) is 6.07 Å². The van der Waals surface area contributed by atoms with Gasteiger partial charge in [0, 0.05) is 11.4 Å². The lowest BCUT2D eigenvalue weighted by Crippen LogP contribution is -2.07. The van der Waals surface area contributed by atoms with E-state index in [0.717, 1.165) is 6.54 Å². The zero-order valence-electron chi connectivity index (χ0n) is 5.54. The molecular formula is C7H9NOS. The van der Waals surface area contributed by atoms with Crippen molar-refractivity contribution in [3.05, 3.63) is 22.4 Å². The van der Waals surface area contributed by atoms with E-state index < -0.39 is 0 Å². The first-order valence-electron chi connectivity index (χ1n) is 3.32. The van der Waals surface area contributed by atoms with Crippen LogP contribution in [-0.4, -0.2) is 13.3 Å². The van der Waals surface area contributed by atoms with Crippen LogP contribution < -0.4 is 5.32 Å². The molecule has 3 heteroatoms. The fourth-order valence-corrected chi connectivity index (χ4v) is 1.84. The van der Waals surface area contributed by atoms with Gasteiger partial charge in [-0.15, -0.1) is 11.3 Å². The van der Waals surface area contributed by atoms with Gasteiger partial charge >= 0.3 is 0 Å². The Bertz CT molecular complexity index is 191. The Morgan fingerprint density at radius 1 is 1.70 bits per heavy atom. The summed E-state index contributed by atoms with van der Waals surface area (Å²) in [7, 11) is 0. The maximum absolute atomic E-state index is 5.40. The Hall–Kier alpha value is -0.380. The molecule has 1 aliphatic rings. The average molecular weight is 155 g/mol. The SMILES string of the molecule is c1csc(C2CNCO2)c1. The van der Waals surface area contributed by atoms with Crippen molar-refractivity contribution >= 4 is 11.3 Å². The second kappa shape index (κ2) is 2.70. The van der Waals surface area contributed by atoms with E-state index in [4.69, 9.17) is 4.74 Å². The molecule has 0 radical (unpaired) electrons. The number of rotatable bonds is 1. The van der Waals surface area contributed by atoms with E-state index in [0.29, 0.717) is 12.8 Å². The second-order valence-corrected chi connectivity index (χ2v) is 3.25. The minimum Gasteiger partial charge on any atom is -0.356 e. The van der Waals surface area contributed by atoms with Gasteiger partial charge < -0.3 is 4.74 Å². The van der Waals surface area contributed by atoms with Gasteiger partial charge in [0.1, 0.15) is 6.10 Å². The van der Waals surface area contributed by atoms with Crippen LogP contribution in [0.25, 0.3) is 0 Å². The smallest absolute Gasteiger partial charge is 0.106 e. The van der Waals surface area contributed by atoms with E-state index in [1.54, 1.807) is 11.3 Å². The van der Waals surface area contributed by atoms with Crippen LogP contribution in [0.2, 0.25) is 0 Å². The molecule has 1 fully saturated rings. The fraction of sp³-hybridized carbons (Fsp3) is 0.429. The highest BCUT2D eigenvalue weighted by Gasteiger charge is 2.16. The molecule has 0 spiro atoms. The minimum atomic E-state index is 0.306. The van der Waals surface area contributed by atoms with Crippen LogP contribution >= 0.6 is 11.3 Å². The van der Waals surface area contributed by atoms with Crippen molar-refractivity contribution in [2.24, 2.45) is 0 Å². The molecular weight excluding hydrogens is 146 g/mol. The van der Waals surface area contributed by atoms with Crippen LogP contribution in [0, 0.1) is 0 Å². The fourth-order valence-electron chi connectivity index (χ4n) is 1.07. The molecule has 0 aromatic carbocycles. The molecule has 1 atom stereocenters. The lowest BCUT2D eigenvalue weighted by molar-refractivity contribution is 0.117. The van der Waals surface area contributed by atoms with E-state index in [1.807, 2.05) is 0 Å². The third kappa shape index (κ3) is 1.08. The van der Waals surface area contributed by atoms with Crippen molar-refractivity contribution in [1.29, 1.82) is 0 Å². The average Bonchev–Trinajstić information content (AvgIpc) is 2.59. The van der Waals surface area contributed by atoms with Crippen molar-refractivity contribution in [3.8, 4) is 0 Å². The standard InChI is InChI=1S/C7H9NOS/c1-2-7(10-3-1)6-4-8-5-9-6/h1-3,6,8H,4-5H2. The Morgan fingerprint density at radius 3 is 3.30 bits per heavy atom. The van der Waals surface area contributed by atoms with Crippen molar-refractivity contribution < 1.29 is 4.74 Å². The number of thiophene rings is 1. The summed E-state index contributed by atoms with van der Waals surface area (Å²) < 4.78 is 5.40. The normalized spacial score (nSPS) is 25.4. The summed E-state index contributed by atoms with van der Waals surface area (Å²) >= 11 is 1.76. The largest absolute Gasteiger partial charge is 0.356 e. The second-order valence-electron chi connectivity index (χ2n) is 2.27. The van der Waals surface area contributed by atoms with E-state index in [-0.39, 0.29) is 0 Å². The highest BCUT2D eigenvalue weighted by Crippen LogP contribution is 2.23. The molecule has 54 valence electrons. The molecule has 2 nitrogen and oxygen atoms in total. The van der Waals surface area contributed by atoms with Crippen molar-refractivity contribution in [3.63, 3.8) is 0 Å². The van der Waals surface area contributed by atoms with Crippen molar-refractivity contribution in [2.75, 3.05) is 13.3 Å². The predicted molar refractivity (Wildman–Crippen MR) is 41.0 cm³/mol. The predicted octanol–water partition coefficient (Wildman–Crippen LogP) is 1.37. The zero-order valence-corrected chi connectivity index (χ0v) is 6.36. The highest BCUT2D eigenvalue weighted by molar-refractivity contribution is 7.10. The molecule has 0 amide bonds. The van der Waals surface area contributed by atoms with Crippen LogP contribution in [0.3, 0.4) is 0 Å². The van der Waals surface area contributed by atoms with Crippen LogP contribution in [0.15, 0.2) is 17.5 Å². The number of hydrogen-bond donors (Lipinski definition) is 1. The maximum Gasteiger partial charge on any atom is 0.106 e. The minimum absolute atomic E-state index is 0.306. The van der Waals surface area contributed by atoms with Crippen LogP contribution in [0.4, 0.5) is 0 Å². The van der Waals surface area contributed by atoms with Gasteiger partial charge in [0.05, 0.1) is 6.73 Å². The lowest BCUT2D eigenvalue weighted by Gasteiger charge is -2.02. The third-order valence-electron chi connectivity index (χ3n) is 1.58. The first-order chi connectivity index (χ1) is 4.97. The van der Waals surface area contributed by atoms with Gasteiger partial charge in [-0.05, 0) is 11.4 Å². The quantitative estimate of drug-likeness (QED) is 0.661. The van der Waals surface area contributed by atoms with Gasteiger partial charge in [-0.2, -0.15) is 0 Å². The van der Waals surface area contributed by atoms with E-state index in [9.17, 15) is 0 Å². The highest BCUT2D eigenvalue weighted by atomic mass is 32.1. The molecule has 10 heavy (non-hydrogen) atoms. The van der Waals surface area contributed by atoms with Gasteiger partial charge in [-0.3, -0.25) is 5.32 Å². The third-order valence-corrected chi connectivity index (χ3v) is 2.54.